The zero-order chi connectivity index (χ0) is 73.6. The van der Waals surface area contributed by atoms with Gasteiger partial charge in [0.05, 0.1) is 44.3 Å². The van der Waals surface area contributed by atoms with Crippen LogP contribution < -0.4 is 57.4 Å². The van der Waals surface area contributed by atoms with Crippen LogP contribution in [0.2, 0.25) is 36.6 Å². The van der Waals surface area contributed by atoms with Crippen LogP contribution in [0.1, 0.15) is 170 Å². The first kappa shape index (κ1) is 89.4. The second-order valence-corrected chi connectivity index (χ2v) is 24.6. The Morgan fingerprint density at radius 2 is 1.04 bits per heavy atom. The van der Waals surface area contributed by atoms with Crippen LogP contribution in [-0.2, 0) is 22.6 Å². The molecule has 0 bridgehead atoms. The van der Waals surface area contributed by atoms with Crippen LogP contribution in [0.4, 0.5) is 10.3 Å². The number of anilines is 1. The van der Waals surface area contributed by atoms with Gasteiger partial charge in [0.1, 0.15) is 31.6 Å². The Bertz CT molecular complexity index is 3930. The molecule has 2 fully saturated rings. The average Bonchev–Trinajstić information content (AvgIpc) is 1.70. The van der Waals surface area contributed by atoms with Crippen molar-refractivity contribution in [1.82, 2.24) is 88.1 Å². The molecule has 0 amide bonds. The van der Waals surface area contributed by atoms with Crippen LogP contribution >= 0.6 is 97.1 Å². The zero-order valence-corrected chi connectivity index (χ0v) is 65.9. The van der Waals surface area contributed by atoms with Gasteiger partial charge in [0.25, 0.3) is 16.7 Å². The number of carbonyl (C=O) groups excluding carboxylic acids is 1. The summed E-state index contributed by atoms with van der Waals surface area (Å²) in [6.45, 7) is 28.4. The minimum atomic E-state index is -1.00. The van der Waals surface area contributed by atoms with Gasteiger partial charge in [-0.2, -0.15) is 40.3 Å². The van der Waals surface area contributed by atoms with Gasteiger partial charge < -0.3 is 36.5 Å². The number of unbranched alkanes of at least 4 members (excludes halogenated alkanes) is 2. The number of aldehydes is 1. The van der Waals surface area contributed by atoms with Crippen LogP contribution in [0.5, 0.6) is 0 Å². The summed E-state index contributed by atoms with van der Waals surface area (Å²) in [6.07, 6.45) is 17.4. The van der Waals surface area contributed by atoms with E-state index < -0.39 is 7.15 Å². The van der Waals surface area contributed by atoms with Crippen LogP contribution in [0.3, 0.4) is 0 Å². The molecule has 39 heteroatoms. The number of rotatable bonds is 10. The fourth-order valence-electron chi connectivity index (χ4n) is 8.24. The van der Waals surface area contributed by atoms with Gasteiger partial charge >= 0.3 is 29.6 Å². The maximum Gasteiger partial charge on any atom is 1.00 e. The number of H-pyrrole nitrogens is 1. The number of nitrogens with one attached hydrogen (secondary N) is 2. The number of hydrogen-bond donors (Lipinski definition) is 5. The van der Waals surface area contributed by atoms with Crippen molar-refractivity contribution in [2.24, 2.45) is 5.84 Å². The molecule has 0 unspecified atom stereocenters. The van der Waals surface area contributed by atoms with Crippen molar-refractivity contribution in [1.29, 1.82) is 0 Å². The molecular formula is C59H87BrCl7FN21NaO8. The molecule has 0 aromatic carbocycles. The number of aromatic amines is 1. The molecule has 0 saturated carbocycles. The number of hydrogen-bond acceptors (Lipinski definition) is 21. The van der Waals surface area contributed by atoms with Gasteiger partial charge in [0.2, 0.25) is 27.1 Å². The molecule has 98 heavy (non-hydrogen) atoms. The zero-order valence-electron chi connectivity index (χ0n) is 58.0. The summed E-state index contributed by atoms with van der Waals surface area (Å²) in [5.41, 5.74) is 4.12. The van der Waals surface area contributed by atoms with Crippen molar-refractivity contribution in [3.63, 3.8) is 0 Å². The SMILES string of the molecule is C1CCOC1.C1CCOC1.CC(C)n1ncc2c(=O)[nH]c(Cl)nc21.CC(C)n1ncc2c(=O)n3c(nc21)NCCC3.CC(C)n1ncc2c(Cl)nc(Cl)nc21.CCCCBr.CCCCn1c(Cl)nc2c(cnn2C(C)C)c1=O.CCO.N[N-]O.O=Cc1c(Cl)nc(Cl)nc1Cl.[2H]CF.[Na+]. The van der Waals surface area contributed by atoms with Gasteiger partial charge in [0.15, 0.2) is 28.9 Å². The number of fused-ring (bicyclic) bond motifs is 5. The van der Waals surface area contributed by atoms with E-state index in [1.54, 1.807) is 48.8 Å². The third-order valence-electron chi connectivity index (χ3n) is 12.8. The predicted molar refractivity (Wildman–Crippen MR) is 387 cm³/mol. The van der Waals surface area contributed by atoms with Crippen molar-refractivity contribution in [3.8, 4) is 0 Å². The van der Waals surface area contributed by atoms with E-state index in [1.807, 2.05) is 61.0 Å². The Hall–Kier alpha value is -4.65. The van der Waals surface area contributed by atoms with Gasteiger partial charge in [-0.05, 0) is 154 Å². The van der Waals surface area contributed by atoms with Crippen molar-refractivity contribution >= 4 is 154 Å². The van der Waals surface area contributed by atoms with E-state index in [9.17, 15) is 23.6 Å². The first-order valence-corrected chi connectivity index (χ1v) is 34.6. The quantitative estimate of drug-likeness (QED) is 0.0161. The molecule has 0 radical (unpaired) electrons. The first-order valence-electron chi connectivity index (χ1n) is 31.5. The summed E-state index contributed by atoms with van der Waals surface area (Å²) >= 11 is 43.0. The number of carbonyl (C=O) groups is 1. The summed E-state index contributed by atoms with van der Waals surface area (Å²) in [4.78, 5) is 76.4. The van der Waals surface area contributed by atoms with Crippen LogP contribution in [0, 0.1) is 0 Å². The number of alkyl halides is 2. The number of halogens is 9. The Balaban J connectivity index is 0.000000572. The number of aromatic nitrogens is 18. The standard InChI is InChI=1S/C12H17ClN4O.C11H15N5O.C8H8Cl2N4.C8H9ClN4O.C5HCl3N2O.C4H9Br.2C4H8O.C2H6O.CH3F.H3N2O.Na/c1-4-5-6-16-11(18)9-7-14-17(8(2)3)10(9)15-12(16)13;1-7(2)16-9-8(6-13-16)10(17)15-5-3-4-12-11(15)14-9;1-4(2)14-7-5(3-11-14)6(9)12-8(10)13-7;1-4(2)13-6-5(3-10-13)7(14)12-8(9)11-6;6-3-2(1-11)4(7)10-5(8)9-3;1-2-3-4-5;2*1-2-4-5-3-1;1-2-3;1-2;1-2-3;/h7-8H,4-6H2,1-3H3;6-7H,3-5H2,1-2H3,(H,12,14);3-4H,1-2H3;3-4H,1-2H3,(H,11,12,14);1H;2-4H2,1H3;2*1-4H2;3H,2H2,1H3;1H3;3H,1H2;/q;;;;;;;;;;-1;+1/i;;;;;;;;;1D;;. The van der Waals surface area contributed by atoms with Crippen LogP contribution in [0.25, 0.3) is 49.7 Å². The van der Waals surface area contributed by atoms with Gasteiger partial charge in [-0.1, -0.05) is 77.4 Å². The molecule has 0 atom stereocenters. The fourth-order valence-corrected chi connectivity index (χ4v) is 10.4. The second-order valence-electron chi connectivity index (χ2n) is 21.4. The second kappa shape index (κ2) is 49.8. The van der Waals surface area contributed by atoms with E-state index in [1.165, 1.54) is 49.3 Å². The number of aliphatic hydroxyl groups excluding tert-OH is 1. The van der Waals surface area contributed by atoms with Gasteiger partial charge in [-0.15, -0.1) is 0 Å². The maximum atomic E-state index is 12.3. The molecule has 9 aromatic heterocycles. The topological polar surface area (TPSA) is 367 Å². The first-order chi connectivity index (χ1) is 46.7. The average molecular weight is 1590 g/mol. The molecule has 3 aliphatic rings. The van der Waals surface area contributed by atoms with Crippen LogP contribution in [-0.4, -0.2) is 157 Å². The summed E-state index contributed by atoms with van der Waals surface area (Å²) in [7, 11) is -1.00. The molecule has 3 aliphatic heterocycles. The maximum absolute atomic E-state index is 12.3. The van der Waals surface area contributed by atoms with E-state index in [-0.39, 0.29) is 114 Å². The Labute approximate surface area is 634 Å². The fraction of sp³-hybridized carbons (Fsp3) is 0.576. The van der Waals surface area contributed by atoms with E-state index in [0.29, 0.717) is 62.7 Å². The largest absolute Gasteiger partial charge is 1.00 e. The Morgan fingerprint density at radius 3 is 1.45 bits per heavy atom. The summed E-state index contributed by atoms with van der Waals surface area (Å²) in [5, 5.41) is 38.5. The minimum absolute atomic E-state index is 0. The summed E-state index contributed by atoms with van der Waals surface area (Å²) < 4.78 is 35.5. The van der Waals surface area contributed by atoms with Crippen molar-refractivity contribution in [3.05, 3.63) is 104 Å². The van der Waals surface area contributed by atoms with E-state index in [4.69, 9.17) is 102 Å². The molecule has 29 nitrogen and oxygen atoms in total. The van der Waals surface area contributed by atoms with E-state index in [0.717, 1.165) is 69.5 Å². The molecule has 540 valence electrons. The predicted octanol–water partition coefficient (Wildman–Crippen LogP) is 10.9. The monoisotopic (exact) mass is 1580 g/mol. The third kappa shape index (κ3) is 29.0. The van der Waals surface area contributed by atoms with Crippen molar-refractivity contribution in [2.45, 2.75) is 171 Å². The molecule has 12 rings (SSSR count). The molecule has 6 N–H and O–H groups in total. The molecule has 12 heterocycles. The molecular weight excluding hydrogens is 1500 g/mol. The van der Waals surface area contributed by atoms with Crippen LogP contribution in [0.15, 0.2) is 39.2 Å². The number of nitrogens with two attached hydrogens (primary N) is 1. The minimum Gasteiger partial charge on any atom is -0.488 e. The Kier molecular flexibility index (Phi) is 45.5. The number of ether oxygens (including phenoxy) is 2. The molecule has 0 aliphatic carbocycles. The molecule has 2 saturated heterocycles. The summed E-state index contributed by atoms with van der Waals surface area (Å²) in [5.74, 6) is 4.69. The van der Waals surface area contributed by atoms with E-state index >= 15 is 0 Å². The normalized spacial score (nSPS) is 12.5. The molecule has 0 spiro atoms. The third-order valence-corrected chi connectivity index (χ3v) is 15.0. The van der Waals surface area contributed by atoms with Gasteiger partial charge in [-0.3, -0.25) is 37.7 Å². The smallest absolute Gasteiger partial charge is 0.488 e. The number of nitrogens with zero attached hydrogens (tertiary/aromatic N) is 18. The Morgan fingerprint density at radius 1 is 0.643 bits per heavy atom. The van der Waals surface area contributed by atoms with E-state index in [2.05, 4.69) is 101 Å². The van der Waals surface area contributed by atoms with Crippen molar-refractivity contribution in [2.75, 3.05) is 57.4 Å². The van der Waals surface area contributed by atoms with Gasteiger partial charge in [-0.25, -0.2) is 33.7 Å². The number of aliphatic hydroxyl groups is 1. The van der Waals surface area contributed by atoms with Gasteiger partial charge in [0, 0.05) is 82.2 Å². The molecule has 9 aromatic rings. The van der Waals surface area contributed by atoms with Crippen molar-refractivity contribution < 1.29 is 59.9 Å². The summed E-state index contributed by atoms with van der Waals surface area (Å²) in [6, 6.07) is 0.718.